The topological polar surface area (TPSA) is 224 Å². The summed E-state index contributed by atoms with van der Waals surface area (Å²) in [5, 5.41) is 9.75. The van der Waals surface area contributed by atoms with Crippen molar-refractivity contribution in [3.63, 3.8) is 0 Å². The number of hydrogen-bond acceptors (Lipinski definition) is 12. The van der Waals surface area contributed by atoms with Gasteiger partial charge in [-0.3, -0.25) is 13.9 Å². The Bertz CT molecular complexity index is 1390. The van der Waals surface area contributed by atoms with Gasteiger partial charge in [-0.2, -0.15) is 18.2 Å². The number of nitrogens with one attached hydrogen (secondary N) is 1. The number of hydrogen-bond donors (Lipinski definition) is 4. The molecule has 0 bridgehead atoms. The van der Waals surface area contributed by atoms with Crippen LogP contribution in [0, 0.1) is 5.92 Å². The van der Waals surface area contributed by atoms with E-state index in [4.69, 9.17) is 39.9 Å². The molecule has 2 heterocycles. The third-order valence-corrected chi connectivity index (χ3v) is 7.39. The van der Waals surface area contributed by atoms with E-state index in [1.165, 1.54) is 23.9 Å². The van der Waals surface area contributed by atoms with Gasteiger partial charge in [-0.15, -0.1) is 0 Å². The number of aromatic nitrogens is 2. The maximum atomic E-state index is 13.0. The molecule has 244 valence electrons. The molecule has 0 saturated carbocycles. The van der Waals surface area contributed by atoms with Crippen LogP contribution in [0.25, 0.3) is 0 Å². The van der Waals surface area contributed by atoms with Crippen molar-refractivity contribution in [1.29, 1.82) is 0 Å². The summed E-state index contributed by atoms with van der Waals surface area (Å²) in [5.74, 6) is -3.52. The van der Waals surface area contributed by atoms with Crippen molar-refractivity contribution in [2.75, 3.05) is 25.8 Å². The lowest BCUT2D eigenvalue weighted by Gasteiger charge is -2.29. The van der Waals surface area contributed by atoms with Crippen LogP contribution in [0.2, 0.25) is 0 Å². The molecule has 6 N–H and O–H groups in total. The van der Waals surface area contributed by atoms with Gasteiger partial charge in [0, 0.05) is 12.6 Å². The molecule has 44 heavy (non-hydrogen) atoms. The van der Waals surface area contributed by atoms with Gasteiger partial charge in [-0.1, -0.05) is 26.0 Å². The smallest absolute Gasteiger partial charge is 0.475 e. The number of carboxylic acids is 1. The summed E-state index contributed by atoms with van der Waals surface area (Å²) in [6.07, 6.45) is -4.26. The molecule has 0 radical (unpaired) electrons. The van der Waals surface area contributed by atoms with Crippen LogP contribution in [0.1, 0.15) is 19.4 Å². The fourth-order valence-electron chi connectivity index (χ4n) is 3.43. The van der Waals surface area contributed by atoms with Crippen molar-refractivity contribution in [3.8, 4) is 5.75 Å². The molecule has 4 atom stereocenters. The van der Waals surface area contributed by atoms with E-state index < -0.39 is 55.5 Å². The van der Waals surface area contributed by atoms with E-state index in [1.807, 2.05) is 0 Å². The molecule has 0 aliphatic carbocycles. The zero-order valence-corrected chi connectivity index (χ0v) is 24.7. The molecule has 1 aromatic heterocycles. The number of alkyl halides is 3. The highest BCUT2D eigenvalue weighted by atomic mass is 31.2. The Kier molecular flexibility index (Phi) is 12.9. The van der Waals surface area contributed by atoms with Crippen LogP contribution in [0.5, 0.6) is 5.75 Å². The van der Waals surface area contributed by atoms with Gasteiger partial charge in [-0.05, 0) is 29.7 Å². The number of methoxy groups -OCH3 is 1. The molecule has 1 aliphatic rings. The number of ether oxygens (including phenoxy) is 2. The van der Waals surface area contributed by atoms with Gasteiger partial charge >= 0.3 is 31.4 Å². The number of nitrogens with two attached hydrogens (primary N) is 2. The van der Waals surface area contributed by atoms with Gasteiger partial charge in [-0.25, -0.2) is 18.9 Å². The van der Waals surface area contributed by atoms with E-state index in [-0.39, 0.29) is 43.4 Å². The average Bonchev–Trinajstić information content (AvgIpc) is 2.95. The third-order valence-electron chi connectivity index (χ3n) is 5.89. The van der Waals surface area contributed by atoms with E-state index in [9.17, 15) is 32.1 Å². The van der Waals surface area contributed by atoms with Crippen molar-refractivity contribution >= 4 is 31.3 Å². The Labute approximate surface area is 249 Å². The summed E-state index contributed by atoms with van der Waals surface area (Å²) in [4.78, 5) is 48.9. The number of carbonyl (C=O) groups is 3. The zero-order chi connectivity index (χ0) is 33.2. The Balaban J connectivity index is 0.000000860. The minimum Gasteiger partial charge on any atom is -0.475 e. The maximum Gasteiger partial charge on any atom is 0.490 e. The van der Waals surface area contributed by atoms with Crippen LogP contribution in [-0.2, 0) is 45.9 Å². The second-order valence-electron chi connectivity index (χ2n) is 9.71. The molecular formula is C25H33F3N5O10P. The summed E-state index contributed by atoms with van der Waals surface area (Å²) in [6.45, 7) is 3.72. The van der Waals surface area contributed by atoms with Crippen LogP contribution < -0.4 is 27.0 Å². The van der Waals surface area contributed by atoms with Gasteiger partial charge in [0.05, 0.1) is 26.3 Å². The first-order valence-electron chi connectivity index (χ1n) is 12.8. The Morgan fingerprint density at radius 3 is 2.32 bits per heavy atom. The van der Waals surface area contributed by atoms with E-state index in [1.54, 1.807) is 38.1 Å². The molecule has 0 unspecified atom stereocenters. The minimum absolute atomic E-state index is 0.0504. The van der Waals surface area contributed by atoms with Gasteiger partial charge in [0.1, 0.15) is 23.7 Å². The van der Waals surface area contributed by atoms with E-state index in [0.29, 0.717) is 5.56 Å². The van der Waals surface area contributed by atoms with Gasteiger partial charge in [0.15, 0.2) is 6.35 Å². The number of esters is 1. The lowest BCUT2D eigenvalue weighted by molar-refractivity contribution is -0.192. The molecule has 19 heteroatoms. The molecule has 1 saturated heterocycles. The zero-order valence-electron chi connectivity index (χ0n) is 23.9. The van der Waals surface area contributed by atoms with Crippen LogP contribution in [-0.4, -0.2) is 76.9 Å². The molecule has 1 fully saturated rings. The number of anilines is 1. The van der Waals surface area contributed by atoms with Gasteiger partial charge in [0.2, 0.25) is 5.91 Å². The molecule has 1 aliphatic heterocycles. The summed E-state index contributed by atoms with van der Waals surface area (Å²) < 4.78 is 67.5. The lowest BCUT2D eigenvalue weighted by Crippen LogP contribution is -2.51. The van der Waals surface area contributed by atoms with Crippen LogP contribution >= 0.6 is 7.60 Å². The Hall–Kier alpha value is -3.99. The molecule has 1 amide bonds. The fourth-order valence-corrected chi connectivity index (χ4v) is 4.84. The second-order valence-corrected chi connectivity index (χ2v) is 11.6. The number of benzene rings is 1. The first-order valence-corrected chi connectivity index (χ1v) is 14.6. The Morgan fingerprint density at radius 1 is 1.23 bits per heavy atom. The SMILES string of the molecule is COC(=O)[C@H](Cc1ccc(O[P@]2(=O)CO[C@@H](Cn3ccc(N)nc3=O)CO2)cc1)NC(=O)[C@@H](N)C(C)C.O=C(O)C(F)(F)F. The molecular weight excluding hydrogens is 618 g/mol. The van der Waals surface area contributed by atoms with Crippen LogP contribution in [0.3, 0.4) is 0 Å². The predicted octanol–water partition coefficient (Wildman–Crippen LogP) is 1.29. The molecule has 1 aromatic carbocycles. The number of carbonyl (C=O) groups excluding carboxylic acids is 2. The predicted molar refractivity (Wildman–Crippen MR) is 147 cm³/mol. The first kappa shape index (κ1) is 36.2. The fraction of sp³-hybridized carbons (Fsp3) is 0.480. The lowest BCUT2D eigenvalue weighted by atomic mass is 10.0. The maximum absolute atomic E-state index is 13.0. The number of rotatable bonds is 10. The Morgan fingerprint density at radius 2 is 1.84 bits per heavy atom. The van der Waals surface area contributed by atoms with E-state index >= 15 is 0 Å². The highest BCUT2D eigenvalue weighted by molar-refractivity contribution is 7.54. The van der Waals surface area contributed by atoms with Gasteiger partial charge in [0.25, 0.3) is 0 Å². The van der Waals surface area contributed by atoms with Crippen molar-refractivity contribution in [3.05, 3.63) is 52.6 Å². The number of aliphatic carboxylic acids is 1. The third kappa shape index (κ3) is 11.3. The highest BCUT2D eigenvalue weighted by Crippen LogP contribution is 2.50. The normalized spacial score (nSPS) is 19.6. The van der Waals surface area contributed by atoms with Crippen molar-refractivity contribution in [2.45, 2.75) is 51.2 Å². The number of amides is 1. The second kappa shape index (κ2) is 15.7. The largest absolute Gasteiger partial charge is 0.490 e. The van der Waals surface area contributed by atoms with Crippen molar-refractivity contribution in [2.24, 2.45) is 11.7 Å². The summed E-state index contributed by atoms with van der Waals surface area (Å²) in [5.41, 5.74) is 11.5. The average molecular weight is 652 g/mol. The van der Waals surface area contributed by atoms with Crippen LogP contribution in [0.4, 0.5) is 19.0 Å². The van der Waals surface area contributed by atoms with Gasteiger partial charge < -0.3 is 35.9 Å². The minimum atomic E-state index is -5.08. The van der Waals surface area contributed by atoms with Crippen molar-refractivity contribution < 1.29 is 55.7 Å². The number of nitrogen functional groups attached to an aromatic ring is 1. The molecule has 2 aromatic rings. The highest BCUT2D eigenvalue weighted by Gasteiger charge is 2.38. The molecule has 15 nitrogen and oxygen atoms in total. The first-order chi connectivity index (χ1) is 20.4. The van der Waals surface area contributed by atoms with E-state index in [0.717, 1.165) is 0 Å². The summed E-state index contributed by atoms with van der Waals surface area (Å²) in [6, 6.07) is 6.27. The quantitative estimate of drug-likeness (QED) is 0.210. The number of nitrogens with zero attached hydrogens (tertiary/aromatic N) is 2. The number of halogens is 3. The molecule has 0 spiro atoms. The molecule has 3 rings (SSSR count). The standard InChI is InChI=1S/C23H32N5O8P.C2HF3O2/c1-14(2)20(25)21(29)26-18(22(30)33-3)10-15-4-6-16(7-5-15)36-37(32)13-34-17(12-35-37)11-28-9-8-19(24)27-23(28)31;3-2(4,5)1(6)7/h4-9,14,17-18,20H,10-13,25H2,1-3H3,(H,26,29)(H2,24,27,31);(H,6,7)/t17-,18-,20-,37-;/m0./s1. The summed E-state index contributed by atoms with van der Waals surface area (Å²) >= 11 is 0. The summed E-state index contributed by atoms with van der Waals surface area (Å²) in [7, 11) is -2.35. The van der Waals surface area contributed by atoms with Crippen molar-refractivity contribution in [1.82, 2.24) is 14.9 Å². The van der Waals surface area contributed by atoms with Crippen LogP contribution in [0.15, 0.2) is 41.3 Å². The van der Waals surface area contributed by atoms with E-state index in [2.05, 4.69) is 10.3 Å². The monoisotopic (exact) mass is 651 g/mol. The number of carboxylic acid groups (broad SMARTS) is 1.